The summed E-state index contributed by atoms with van der Waals surface area (Å²) in [5, 5.41) is 0. The first-order chi connectivity index (χ1) is 7.61. The molecule has 0 aliphatic heterocycles. The Balaban J connectivity index is 2.47. The Morgan fingerprint density at radius 2 is 2.19 bits per heavy atom. The molecule has 0 spiro atoms. The molecule has 0 radical (unpaired) electrons. The van der Waals surface area contributed by atoms with E-state index in [-0.39, 0.29) is 5.91 Å². The lowest BCUT2D eigenvalue weighted by molar-refractivity contribution is 0.0817. The van der Waals surface area contributed by atoms with Crippen molar-refractivity contribution in [1.82, 2.24) is 14.9 Å². The predicted octanol–water partition coefficient (Wildman–Crippen LogP) is 1.83. The van der Waals surface area contributed by atoms with Crippen molar-refractivity contribution >= 4 is 16.9 Å². The van der Waals surface area contributed by atoms with Gasteiger partial charge in [-0.15, -0.1) is 0 Å². The number of nitrogens with one attached hydrogen (secondary N) is 1. The number of aromatic amines is 1. The third kappa shape index (κ3) is 1.78. The quantitative estimate of drug-likeness (QED) is 0.834. The van der Waals surface area contributed by atoms with E-state index in [1.54, 1.807) is 14.1 Å². The molecule has 2 rings (SSSR count). The number of aryl methyl sites for hydroxylation is 1. The number of hydrogen-bond acceptors (Lipinski definition) is 2. The molecule has 16 heavy (non-hydrogen) atoms. The van der Waals surface area contributed by atoms with E-state index < -0.39 is 0 Å². The van der Waals surface area contributed by atoms with Gasteiger partial charge in [-0.2, -0.15) is 0 Å². The number of fused-ring (bicyclic) bond motifs is 1. The topological polar surface area (TPSA) is 49.0 Å². The minimum absolute atomic E-state index is 0.103. The van der Waals surface area contributed by atoms with Crippen LogP contribution < -0.4 is 0 Å². The van der Waals surface area contributed by atoms with Gasteiger partial charge in [0, 0.05) is 14.1 Å². The van der Waals surface area contributed by atoms with Crippen molar-refractivity contribution in [1.29, 1.82) is 0 Å². The second-order valence-electron chi connectivity index (χ2n) is 3.99. The van der Waals surface area contributed by atoms with E-state index in [4.69, 9.17) is 0 Å². The molecule has 84 valence electrons. The molecular formula is C12H15N3O. The fourth-order valence-electron chi connectivity index (χ4n) is 1.59. The van der Waals surface area contributed by atoms with Gasteiger partial charge in [0.25, 0.3) is 5.91 Å². The lowest BCUT2D eigenvalue weighted by Crippen LogP contribution is -2.22. The summed E-state index contributed by atoms with van der Waals surface area (Å²) in [6.45, 7) is 2.10. The first-order valence-electron chi connectivity index (χ1n) is 5.32. The Labute approximate surface area is 94.3 Å². The maximum atomic E-state index is 11.7. The first kappa shape index (κ1) is 10.7. The van der Waals surface area contributed by atoms with Crippen LogP contribution in [0, 0.1) is 0 Å². The second kappa shape index (κ2) is 3.96. The molecule has 1 N–H and O–H groups in total. The lowest BCUT2D eigenvalue weighted by Gasteiger charge is -2.06. The summed E-state index contributed by atoms with van der Waals surface area (Å²) in [4.78, 5) is 20.5. The van der Waals surface area contributed by atoms with Gasteiger partial charge in [0.2, 0.25) is 0 Å². The smallest absolute Gasteiger partial charge is 0.289 e. The molecule has 0 unspecified atom stereocenters. The van der Waals surface area contributed by atoms with Gasteiger partial charge in [0.05, 0.1) is 11.0 Å². The molecule has 4 nitrogen and oxygen atoms in total. The van der Waals surface area contributed by atoms with Crippen molar-refractivity contribution in [3.05, 3.63) is 29.6 Å². The maximum Gasteiger partial charge on any atom is 0.289 e. The van der Waals surface area contributed by atoms with E-state index in [0.29, 0.717) is 5.82 Å². The molecule has 1 aromatic heterocycles. The molecule has 1 aromatic carbocycles. The van der Waals surface area contributed by atoms with Crippen molar-refractivity contribution < 1.29 is 4.79 Å². The highest BCUT2D eigenvalue weighted by molar-refractivity contribution is 5.93. The third-order valence-corrected chi connectivity index (χ3v) is 2.56. The number of hydrogen-bond donors (Lipinski definition) is 1. The Hall–Kier alpha value is -1.84. The average molecular weight is 217 g/mol. The van der Waals surface area contributed by atoms with Crippen LogP contribution >= 0.6 is 0 Å². The van der Waals surface area contributed by atoms with Gasteiger partial charge in [-0.3, -0.25) is 4.79 Å². The summed E-state index contributed by atoms with van der Waals surface area (Å²) in [7, 11) is 3.43. The van der Waals surface area contributed by atoms with E-state index in [2.05, 4.69) is 16.9 Å². The van der Waals surface area contributed by atoms with Crippen molar-refractivity contribution in [2.75, 3.05) is 14.1 Å². The van der Waals surface area contributed by atoms with Crippen molar-refractivity contribution in [2.24, 2.45) is 0 Å². The molecule has 0 bridgehead atoms. The lowest BCUT2D eigenvalue weighted by atomic mass is 10.1. The van der Waals surface area contributed by atoms with Gasteiger partial charge in [0.15, 0.2) is 5.82 Å². The van der Waals surface area contributed by atoms with E-state index in [9.17, 15) is 4.79 Å². The van der Waals surface area contributed by atoms with Crippen molar-refractivity contribution in [3.63, 3.8) is 0 Å². The average Bonchev–Trinajstić information content (AvgIpc) is 2.69. The van der Waals surface area contributed by atoms with E-state index in [0.717, 1.165) is 17.5 Å². The number of aromatic nitrogens is 2. The Bertz CT molecular complexity index is 528. The van der Waals surface area contributed by atoms with Crippen molar-refractivity contribution in [3.8, 4) is 0 Å². The summed E-state index contributed by atoms with van der Waals surface area (Å²) in [6, 6.07) is 6.01. The predicted molar refractivity (Wildman–Crippen MR) is 63.5 cm³/mol. The summed E-state index contributed by atoms with van der Waals surface area (Å²) in [5.41, 5.74) is 2.99. The largest absolute Gasteiger partial charge is 0.342 e. The van der Waals surface area contributed by atoms with Crippen LogP contribution in [-0.4, -0.2) is 34.9 Å². The van der Waals surface area contributed by atoms with Gasteiger partial charge in [-0.25, -0.2) is 4.98 Å². The highest BCUT2D eigenvalue weighted by atomic mass is 16.2. The molecule has 1 heterocycles. The number of rotatable bonds is 2. The zero-order valence-electron chi connectivity index (χ0n) is 9.74. The summed E-state index contributed by atoms with van der Waals surface area (Å²) >= 11 is 0. The minimum Gasteiger partial charge on any atom is -0.342 e. The number of nitrogens with zero attached hydrogens (tertiary/aromatic N) is 2. The summed E-state index contributed by atoms with van der Waals surface area (Å²) in [6.07, 6.45) is 0.978. The number of imidazole rings is 1. The Morgan fingerprint density at radius 1 is 1.44 bits per heavy atom. The number of carbonyl (C=O) groups excluding carboxylic acids is 1. The van der Waals surface area contributed by atoms with Gasteiger partial charge < -0.3 is 9.88 Å². The van der Waals surface area contributed by atoms with Crippen LogP contribution in [0.4, 0.5) is 0 Å². The van der Waals surface area contributed by atoms with Crippen LogP contribution in [0.1, 0.15) is 23.1 Å². The molecule has 0 fully saturated rings. The molecule has 1 amide bonds. The van der Waals surface area contributed by atoms with Crippen LogP contribution in [0.15, 0.2) is 18.2 Å². The normalized spacial score (nSPS) is 10.7. The summed E-state index contributed by atoms with van der Waals surface area (Å²) < 4.78 is 0. The van der Waals surface area contributed by atoms with E-state index in [1.165, 1.54) is 10.5 Å². The number of benzene rings is 1. The zero-order valence-corrected chi connectivity index (χ0v) is 9.74. The Kier molecular flexibility index (Phi) is 2.64. The molecule has 4 heteroatoms. The fraction of sp³-hybridized carbons (Fsp3) is 0.333. The highest BCUT2D eigenvalue weighted by Crippen LogP contribution is 2.14. The molecule has 2 aromatic rings. The van der Waals surface area contributed by atoms with Crippen molar-refractivity contribution in [2.45, 2.75) is 13.3 Å². The molecular weight excluding hydrogens is 202 g/mol. The molecule has 0 aliphatic rings. The van der Waals surface area contributed by atoms with Crippen LogP contribution in [0.5, 0.6) is 0 Å². The molecule has 0 saturated heterocycles. The van der Waals surface area contributed by atoms with E-state index in [1.807, 2.05) is 18.2 Å². The number of carbonyl (C=O) groups is 1. The Morgan fingerprint density at radius 3 is 2.81 bits per heavy atom. The van der Waals surface area contributed by atoms with Crippen LogP contribution in [0.25, 0.3) is 11.0 Å². The van der Waals surface area contributed by atoms with E-state index >= 15 is 0 Å². The highest BCUT2D eigenvalue weighted by Gasteiger charge is 2.12. The van der Waals surface area contributed by atoms with Gasteiger partial charge in [-0.05, 0) is 24.1 Å². The van der Waals surface area contributed by atoms with Gasteiger partial charge in [0.1, 0.15) is 0 Å². The monoisotopic (exact) mass is 217 g/mol. The molecule has 0 atom stereocenters. The molecule has 0 saturated carbocycles. The van der Waals surface area contributed by atoms with Gasteiger partial charge in [-0.1, -0.05) is 13.0 Å². The fourth-order valence-corrected chi connectivity index (χ4v) is 1.59. The second-order valence-corrected chi connectivity index (χ2v) is 3.99. The van der Waals surface area contributed by atoms with Crippen LogP contribution in [0.3, 0.4) is 0 Å². The van der Waals surface area contributed by atoms with Crippen LogP contribution in [-0.2, 0) is 6.42 Å². The first-order valence-corrected chi connectivity index (χ1v) is 5.32. The number of amides is 1. The number of H-pyrrole nitrogens is 1. The standard InChI is InChI=1S/C12H15N3O/c1-4-8-5-6-9-10(7-8)14-11(13-9)12(16)15(2)3/h5-7H,4H2,1-3H3,(H,13,14). The van der Waals surface area contributed by atoms with Crippen LogP contribution in [0.2, 0.25) is 0 Å². The minimum atomic E-state index is -0.103. The molecule has 0 aliphatic carbocycles. The van der Waals surface area contributed by atoms with Gasteiger partial charge >= 0.3 is 0 Å². The SMILES string of the molecule is CCc1ccc2nc(C(=O)N(C)C)[nH]c2c1. The zero-order chi connectivity index (χ0) is 11.7. The maximum absolute atomic E-state index is 11.7. The third-order valence-electron chi connectivity index (χ3n) is 2.56. The summed E-state index contributed by atoms with van der Waals surface area (Å²) in [5.74, 6) is 0.294.